The first-order valence-corrected chi connectivity index (χ1v) is 8.31. The van der Waals surface area contributed by atoms with Crippen molar-refractivity contribution in [3.05, 3.63) is 29.8 Å². The van der Waals surface area contributed by atoms with Gasteiger partial charge >= 0.3 is 5.97 Å². The van der Waals surface area contributed by atoms with Crippen LogP contribution in [0.2, 0.25) is 0 Å². The molecule has 1 aromatic carbocycles. The number of nitrogens with one attached hydrogen (secondary N) is 1. The van der Waals surface area contributed by atoms with Gasteiger partial charge < -0.3 is 15.3 Å². The van der Waals surface area contributed by atoms with Crippen molar-refractivity contribution >= 4 is 21.9 Å². The topological polar surface area (TPSA) is 107 Å². The van der Waals surface area contributed by atoms with Gasteiger partial charge in [-0.25, -0.2) is 8.42 Å². The number of carboxylic acid groups (broad SMARTS) is 1. The van der Waals surface area contributed by atoms with Gasteiger partial charge in [-0.1, -0.05) is 0 Å². The number of carboxylic acids is 1. The van der Waals surface area contributed by atoms with E-state index in [0.29, 0.717) is 12.1 Å². The molecule has 0 aliphatic carbocycles. The summed E-state index contributed by atoms with van der Waals surface area (Å²) in [5.41, 5.74) is 0.324. The highest BCUT2D eigenvalue weighted by atomic mass is 32.2. The van der Waals surface area contributed by atoms with Gasteiger partial charge in [-0.2, -0.15) is 4.31 Å². The fourth-order valence-electron chi connectivity index (χ4n) is 1.82. The summed E-state index contributed by atoms with van der Waals surface area (Å²) in [5.74, 6) is -1.56. The fourth-order valence-corrected chi connectivity index (χ4v) is 3.20. The molecule has 0 aliphatic rings. The van der Waals surface area contributed by atoms with E-state index in [2.05, 4.69) is 5.32 Å². The molecule has 0 aliphatic heterocycles. The number of carbonyl (C=O) groups is 2. The smallest absolute Gasteiger partial charge is 0.318 e. The average molecular weight is 343 g/mol. The molecule has 23 heavy (non-hydrogen) atoms. The number of sulfonamides is 1. The zero-order valence-corrected chi connectivity index (χ0v) is 14.1. The van der Waals surface area contributed by atoms with Crippen molar-refractivity contribution in [3.8, 4) is 0 Å². The van der Waals surface area contributed by atoms with E-state index in [1.165, 1.54) is 31.3 Å². The predicted molar refractivity (Wildman–Crippen MR) is 84.8 cm³/mol. The Morgan fingerprint density at radius 2 is 1.70 bits per heavy atom. The van der Waals surface area contributed by atoms with Crippen molar-refractivity contribution in [2.24, 2.45) is 0 Å². The molecule has 2 N–H and O–H groups in total. The second kappa shape index (κ2) is 8.04. The van der Waals surface area contributed by atoms with E-state index in [0.717, 1.165) is 4.31 Å². The third-order valence-electron chi connectivity index (χ3n) is 3.09. The summed E-state index contributed by atoms with van der Waals surface area (Å²) >= 11 is 0. The van der Waals surface area contributed by atoms with Crippen LogP contribution < -0.4 is 5.32 Å². The number of benzene rings is 1. The van der Waals surface area contributed by atoms with Crippen LogP contribution >= 0.6 is 0 Å². The lowest BCUT2D eigenvalue weighted by Crippen LogP contribution is -2.40. The number of aliphatic carboxylic acids is 1. The molecule has 0 fully saturated rings. The number of likely N-dealkylation sites (N-methyl/N-ethyl adjacent to an activating group) is 1. The molecule has 0 saturated carbocycles. The van der Waals surface area contributed by atoms with E-state index >= 15 is 0 Å². The van der Waals surface area contributed by atoms with Gasteiger partial charge in [0.1, 0.15) is 6.54 Å². The van der Waals surface area contributed by atoms with Gasteiger partial charge in [-0.05, 0) is 38.4 Å². The summed E-state index contributed by atoms with van der Waals surface area (Å²) in [6.45, 7) is -0.172. The van der Waals surface area contributed by atoms with E-state index in [1.807, 2.05) is 0 Å². The monoisotopic (exact) mass is 343 g/mol. The average Bonchev–Trinajstić information content (AvgIpc) is 2.50. The lowest BCUT2D eigenvalue weighted by atomic mass is 10.2. The number of hydrogen-bond donors (Lipinski definition) is 2. The second-order valence-corrected chi connectivity index (χ2v) is 7.08. The molecule has 1 aromatic rings. The van der Waals surface area contributed by atoms with Crippen molar-refractivity contribution in [1.29, 1.82) is 0 Å². The van der Waals surface area contributed by atoms with Crippen LogP contribution in [0, 0.1) is 0 Å². The second-order valence-electron chi connectivity index (χ2n) is 5.14. The SMILES string of the molecule is CNC(=O)c1ccc(S(=O)(=O)N(CCN(C)C)CC(=O)O)cc1. The van der Waals surface area contributed by atoms with E-state index in [4.69, 9.17) is 5.11 Å². The number of rotatable bonds is 8. The largest absolute Gasteiger partial charge is 0.480 e. The summed E-state index contributed by atoms with van der Waals surface area (Å²) in [6, 6.07) is 5.36. The molecule has 0 spiro atoms. The molecule has 9 heteroatoms. The normalized spacial score (nSPS) is 11.7. The molecule has 0 unspecified atom stereocenters. The first-order valence-electron chi connectivity index (χ1n) is 6.87. The number of carbonyl (C=O) groups excluding carboxylic acids is 1. The standard InChI is InChI=1S/C14H21N3O5S/c1-15-14(20)11-4-6-12(7-5-11)23(21,22)17(10-13(18)19)9-8-16(2)3/h4-7H,8-10H2,1-3H3,(H,15,20)(H,18,19). The van der Waals surface area contributed by atoms with Crippen molar-refractivity contribution < 1.29 is 23.1 Å². The molecule has 0 heterocycles. The highest BCUT2D eigenvalue weighted by Crippen LogP contribution is 2.16. The first-order chi connectivity index (χ1) is 10.7. The third kappa shape index (κ3) is 5.31. The Morgan fingerprint density at radius 1 is 1.13 bits per heavy atom. The molecular weight excluding hydrogens is 322 g/mol. The Hall–Kier alpha value is -1.97. The van der Waals surface area contributed by atoms with Crippen LogP contribution in [0.15, 0.2) is 29.2 Å². The Kier molecular flexibility index (Phi) is 6.67. The summed E-state index contributed by atoms with van der Waals surface area (Å²) < 4.78 is 26.1. The molecule has 0 radical (unpaired) electrons. The molecule has 1 amide bonds. The molecular formula is C14H21N3O5S. The Bertz CT molecular complexity index is 655. The molecule has 8 nitrogen and oxygen atoms in total. The lowest BCUT2D eigenvalue weighted by molar-refractivity contribution is -0.137. The van der Waals surface area contributed by atoms with Crippen molar-refractivity contribution in [2.45, 2.75) is 4.90 Å². The number of nitrogens with zero attached hydrogens (tertiary/aromatic N) is 2. The van der Waals surface area contributed by atoms with Crippen molar-refractivity contribution in [3.63, 3.8) is 0 Å². The van der Waals surface area contributed by atoms with Crippen LogP contribution in [0.25, 0.3) is 0 Å². The van der Waals surface area contributed by atoms with Gasteiger partial charge in [0.2, 0.25) is 10.0 Å². The molecule has 128 valence electrons. The third-order valence-corrected chi connectivity index (χ3v) is 4.95. The lowest BCUT2D eigenvalue weighted by Gasteiger charge is -2.22. The first kappa shape index (κ1) is 19.1. The van der Waals surface area contributed by atoms with Crippen LogP contribution in [0.1, 0.15) is 10.4 Å². The van der Waals surface area contributed by atoms with Gasteiger partial charge in [0.25, 0.3) is 5.91 Å². The Morgan fingerprint density at radius 3 is 2.13 bits per heavy atom. The van der Waals surface area contributed by atoms with Gasteiger partial charge in [0.15, 0.2) is 0 Å². The number of hydrogen-bond acceptors (Lipinski definition) is 5. The minimum Gasteiger partial charge on any atom is -0.480 e. The Labute approximate surface area is 135 Å². The van der Waals surface area contributed by atoms with E-state index < -0.39 is 22.5 Å². The van der Waals surface area contributed by atoms with E-state index in [1.54, 1.807) is 19.0 Å². The number of amides is 1. The summed E-state index contributed by atoms with van der Waals surface area (Å²) in [6.07, 6.45) is 0. The zero-order valence-electron chi connectivity index (χ0n) is 13.3. The highest BCUT2D eigenvalue weighted by Gasteiger charge is 2.26. The van der Waals surface area contributed by atoms with Crippen molar-refractivity contribution in [2.75, 3.05) is 40.8 Å². The maximum atomic E-state index is 12.6. The van der Waals surface area contributed by atoms with Crippen LogP contribution in [0.4, 0.5) is 0 Å². The van der Waals surface area contributed by atoms with Gasteiger partial charge in [0, 0.05) is 25.7 Å². The van der Waals surface area contributed by atoms with Gasteiger partial charge in [0.05, 0.1) is 4.90 Å². The van der Waals surface area contributed by atoms with E-state index in [9.17, 15) is 18.0 Å². The van der Waals surface area contributed by atoms with Crippen molar-refractivity contribution in [1.82, 2.24) is 14.5 Å². The maximum absolute atomic E-state index is 12.6. The van der Waals surface area contributed by atoms with Crippen LogP contribution in [0.5, 0.6) is 0 Å². The van der Waals surface area contributed by atoms with Crippen LogP contribution in [-0.2, 0) is 14.8 Å². The van der Waals surface area contributed by atoms with Gasteiger partial charge in [-0.15, -0.1) is 0 Å². The molecule has 0 aromatic heterocycles. The van der Waals surface area contributed by atoms with E-state index in [-0.39, 0.29) is 17.3 Å². The molecule has 0 bridgehead atoms. The predicted octanol–water partition coefficient (Wildman–Crippen LogP) is -0.317. The summed E-state index contributed by atoms with van der Waals surface area (Å²) in [5, 5.41) is 11.4. The minimum atomic E-state index is -3.95. The van der Waals surface area contributed by atoms with Gasteiger partial charge in [-0.3, -0.25) is 9.59 Å². The quantitative estimate of drug-likeness (QED) is 0.670. The fraction of sp³-hybridized carbons (Fsp3) is 0.429. The summed E-state index contributed by atoms with van der Waals surface area (Å²) in [7, 11) is 1.06. The van der Waals surface area contributed by atoms with Crippen LogP contribution in [-0.4, -0.2) is 75.4 Å². The Balaban J connectivity index is 3.08. The zero-order chi connectivity index (χ0) is 17.6. The summed E-state index contributed by atoms with van der Waals surface area (Å²) in [4.78, 5) is 24.1. The molecule has 0 atom stereocenters. The maximum Gasteiger partial charge on any atom is 0.318 e. The molecule has 0 saturated heterocycles. The van der Waals surface area contributed by atoms with Crippen LogP contribution in [0.3, 0.4) is 0 Å². The molecule has 1 rings (SSSR count). The highest BCUT2D eigenvalue weighted by molar-refractivity contribution is 7.89. The minimum absolute atomic E-state index is 0.0508.